The van der Waals surface area contributed by atoms with Crippen molar-refractivity contribution in [3.63, 3.8) is 0 Å². The monoisotopic (exact) mass is 132 g/mol. The first-order valence-electron chi connectivity index (χ1n) is 2.97. The zero-order chi connectivity index (χ0) is 5.84. The first-order chi connectivity index (χ1) is 4.47. The van der Waals surface area contributed by atoms with E-state index in [-0.39, 0.29) is 0 Å². The second-order valence-electron chi connectivity index (χ2n) is 2.33. The average molecular weight is 132 g/mol. The van der Waals surface area contributed by atoms with Crippen LogP contribution in [-0.2, 0) is 0 Å². The minimum Gasteiger partial charge on any atom is -0.142 e. The topological polar surface area (TPSA) is 0 Å². The normalized spacial score (nSPS) is 12.4. The van der Waals surface area contributed by atoms with Crippen LogP contribution in [0.15, 0.2) is 23.6 Å². The predicted octanol–water partition coefficient (Wildman–Crippen LogP) is 2.93. The highest BCUT2D eigenvalue weighted by atomic mass is 32.1. The first-order valence-corrected chi connectivity index (χ1v) is 3.85. The number of thiophene rings is 2. The zero-order valence-corrected chi connectivity index (χ0v) is 5.53. The van der Waals surface area contributed by atoms with E-state index in [0.717, 1.165) is 0 Å². The van der Waals surface area contributed by atoms with Crippen LogP contribution in [0.3, 0.4) is 0 Å². The van der Waals surface area contributed by atoms with Gasteiger partial charge in [-0.15, -0.1) is 11.3 Å². The van der Waals surface area contributed by atoms with Gasteiger partial charge >= 0.3 is 0 Å². The maximum absolute atomic E-state index is 2.24. The Morgan fingerprint density at radius 3 is 2.22 bits per heavy atom. The molecule has 4 bridgehead atoms. The largest absolute Gasteiger partial charge is 0.142 e. The Kier molecular flexibility index (Phi) is 0.474. The van der Waals surface area contributed by atoms with Crippen LogP contribution in [-0.4, -0.2) is 0 Å². The first kappa shape index (κ1) is 4.07. The molecule has 3 aromatic carbocycles. The third kappa shape index (κ3) is 0.281. The molecule has 1 heteroatoms. The van der Waals surface area contributed by atoms with E-state index >= 15 is 0 Å². The minimum atomic E-state index is 1.47. The summed E-state index contributed by atoms with van der Waals surface area (Å²) in [6.45, 7) is 0. The van der Waals surface area contributed by atoms with Gasteiger partial charge in [0, 0.05) is 20.9 Å². The molecule has 0 unspecified atom stereocenters. The summed E-state index contributed by atoms with van der Waals surface area (Å²) in [6, 6.07) is 6.50. The van der Waals surface area contributed by atoms with E-state index in [2.05, 4.69) is 23.6 Å². The molecule has 0 radical (unpaired) electrons. The predicted molar refractivity (Wildman–Crippen MR) is 41.7 cm³/mol. The molecule has 9 heavy (non-hydrogen) atoms. The molecule has 0 nitrogen and oxygen atoms in total. The van der Waals surface area contributed by atoms with Crippen LogP contribution in [0.25, 0.3) is 20.9 Å². The van der Waals surface area contributed by atoms with Crippen molar-refractivity contribution >= 4 is 32.2 Å². The lowest BCUT2D eigenvalue weighted by Gasteiger charge is -2.01. The molecular formula is C8H4S. The molecule has 0 saturated heterocycles. The Labute approximate surface area is 56.4 Å². The van der Waals surface area contributed by atoms with Crippen LogP contribution in [0.2, 0.25) is 0 Å². The van der Waals surface area contributed by atoms with Crippen LogP contribution >= 0.6 is 11.3 Å². The van der Waals surface area contributed by atoms with Crippen LogP contribution in [0, 0.1) is 0 Å². The standard InChI is InChI=1S/C8H4S/c1-2-5-7-4-9-8(5)6(7)3-1/h1-4H. The smallest absolute Gasteiger partial charge is 0.0428 e. The third-order valence-electron chi connectivity index (χ3n) is 1.89. The van der Waals surface area contributed by atoms with Crippen LogP contribution < -0.4 is 0 Å². The second kappa shape index (κ2) is 1.05. The van der Waals surface area contributed by atoms with Gasteiger partial charge in [-0.3, -0.25) is 0 Å². The number of rotatable bonds is 0. The van der Waals surface area contributed by atoms with Crippen molar-refractivity contribution in [1.29, 1.82) is 0 Å². The van der Waals surface area contributed by atoms with Crippen molar-refractivity contribution < 1.29 is 0 Å². The van der Waals surface area contributed by atoms with E-state index in [1.807, 2.05) is 11.3 Å². The zero-order valence-electron chi connectivity index (χ0n) is 4.72. The fourth-order valence-electron chi connectivity index (χ4n) is 1.42. The fraction of sp³-hybridized carbons (Fsp3) is 0. The lowest BCUT2D eigenvalue weighted by molar-refractivity contribution is 1.90. The van der Waals surface area contributed by atoms with Crippen molar-refractivity contribution in [1.82, 2.24) is 0 Å². The average Bonchev–Trinajstić information content (AvgIpc) is 2.48. The van der Waals surface area contributed by atoms with Gasteiger partial charge in [-0.2, -0.15) is 0 Å². The molecule has 2 heterocycles. The van der Waals surface area contributed by atoms with Gasteiger partial charge in [-0.1, -0.05) is 18.2 Å². The highest BCUT2D eigenvalue weighted by Gasteiger charge is 2.11. The van der Waals surface area contributed by atoms with Gasteiger partial charge in [0.05, 0.1) is 0 Å². The maximum atomic E-state index is 2.24. The Hall–Kier alpha value is -0.820. The SMILES string of the molecule is c1cc2c3csc2c3c1. The van der Waals surface area contributed by atoms with Crippen LogP contribution in [0.4, 0.5) is 0 Å². The van der Waals surface area contributed by atoms with E-state index < -0.39 is 0 Å². The summed E-state index contributed by atoms with van der Waals surface area (Å²) in [7, 11) is 0. The number of hydrogen-bond donors (Lipinski definition) is 0. The van der Waals surface area contributed by atoms with Crippen molar-refractivity contribution in [2.24, 2.45) is 0 Å². The van der Waals surface area contributed by atoms with E-state index in [4.69, 9.17) is 0 Å². The number of fused-ring (bicyclic) bond motifs is 3. The fourth-order valence-corrected chi connectivity index (χ4v) is 2.52. The molecule has 0 fully saturated rings. The molecule has 0 N–H and O–H groups in total. The maximum Gasteiger partial charge on any atom is 0.0428 e. The van der Waals surface area contributed by atoms with E-state index in [9.17, 15) is 0 Å². The van der Waals surface area contributed by atoms with Gasteiger partial charge in [0.1, 0.15) is 0 Å². The van der Waals surface area contributed by atoms with E-state index in [1.165, 1.54) is 20.9 Å². The molecular weight excluding hydrogens is 128 g/mol. The molecule has 0 atom stereocenters. The Morgan fingerprint density at radius 1 is 1.00 bits per heavy atom. The summed E-state index contributed by atoms with van der Waals surface area (Å²) in [4.78, 5) is 0. The summed E-state index contributed by atoms with van der Waals surface area (Å²) in [6.07, 6.45) is 0. The molecule has 0 saturated carbocycles. The second-order valence-corrected chi connectivity index (χ2v) is 3.21. The van der Waals surface area contributed by atoms with Crippen molar-refractivity contribution in [2.45, 2.75) is 0 Å². The van der Waals surface area contributed by atoms with Gasteiger partial charge in [-0.05, 0) is 5.38 Å². The summed E-state index contributed by atoms with van der Waals surface area (Å²) >= 11 is 1.86. The van der Waals surface area contributed by atoms with Crippen molar-refractivity contribution in [3.8, 4) is 0 Å². The van der Waals surface area contributed by atoms with Gasteiger partial charge < -0.3 is 0 Å². The number of benzene rings is 2. The van der Waals surface area contributed by atoms with Crippen LogP contribution in [0.1, 0.15) is 0 Å². The highest BCUT2D eigenvalue weighted by Crippen LogP contribution is 2.42. The van der Waals surface area contributed by atoms with Gasteiger partial charge in [-0.25, -0.2) is 0 Å². The minimum absolute atomic E-state index is 1.47. The summed E-state index contributed by atoms with van der Waals surface area (Å²) < 4.78 is 1.49. The molecule has 42 valence electrons. The Morgan fingerprint density at radius 2 is 1.78 bits per heavy atom. The molecule has 0 amide bonds. The van der Waals surface area contributed by atoms with E-state index in [0.29, 0.717) is 0 Å². The van der Waals surface area contributed by atoms with Crippen molar-refractivity contribution in [3.05, 3.63) is 23.6 Å². The van der Waals surface area contributed by atoms with Gasteiger partial charge in [0.2, 0.25) is 0 Å². The molecule has 0 aliphatic heterocycles. The molecule has 0 aliphatic rings. The van der Waals surface area contributed by atoms with Gasteiger partial charge in [0.15, 0.2) is 0 Å². The number of hydrogen-bond acceptors (Lipinski definition) is 1. The Bertz CT molecular complexity index is 355. The summed E-state index contributed by atoms with van der Waals surface area (Å²) in [5.74, 6) is 0. The molecule has 5 aromatic rings. The van der Waals surface area contributed by atoms with Crippen molar-refractivity contribution in [2.75, 3.05) is 0 Å². The molecule has 2 aromatic heterocycles. The molecule has 0 aliphatic carbocycles. The van der Waals surface area contributed by atoms with Crippen LogP contribution in [0.5, 0.6) is 0 Å². The lowest BCUT2D eigenvalue weighted by atomic mass is 10.0. The quantitative estimate of drug-likeness (QED) is 0.441. The molecule has 0 spiro atoms. The lowest BCUT2D eigenvalue weighted by Crippen LogP contribution is -1.74. The molecule has 5 rings (SSSR count). The third-order valence-corrected chi connectivity index (χ3v) is 2.92. The summed E-state index contributed by atoms with van der Waals surface area (Å²) in [5.41, 5.74) is 0. The highest BCUT2D eigenvalue weighted by molar-refractivity contribution is 7.21. The van der Waals surface area contributed by atoms with E-state index in [1.54, 1.807) is 0 Å². The Balaban J connectivity index is 2.91. The summed E-state index contributed by atoms with van der Waals surface area (Å²) in [5, 5.41) is 6.65. The van der Waals surface area contributed by atoms with Gasteiger partial charge in [0.25, 0.3) is 0 Å².